The van der Waals surface area contributed by atoms with Crippen molar-refractivity contribution in [2.45, 2.75) is 121 Å². The molecular weight excluding hydrogens is 428 g/mol. The Morgan fingerprint density at radius 3 is 1.94 bits per heavy atom. The molecule has 32 heavy (non-hydrogen) atoms. The monoisotopic (exact) mass is 464 g/mol. The molecule has 0 aromatic heterocycles. The molecule has 11 heteroatoms. The first-order valence-electron chi connectivity index (χ1n) is 11.1. The molecule has 0 aromatic carbocycles. The Labute approximate surface area is 187 Å². The van der Waals surface area contributed by atoms with E-state index in [1.807, 2.05) is 0 Å². The fourth-order valence-electron chi connectivity index (χ4n) is 4.43. The molecular formula is C21H36O11. The van der Waals surface area contributed by atoms with Gasteiger partial charge in [-0.25, -0.2) is 0 Å². The number of aliphatic hydroxyl groups excluding tert-OH is 3. The van der Waals surface area contributed by atoms with Gasteiger partial charge >= 0.3 is 5.97 Å². The summed E-state index contributed by atoms with van der Waals surface area (Å²) in [6.45, 7) is 6.48. The van der Waals surface area contributed by atoms with Gasteiger partial charge in [0.15, 0.2) is 25.0 Å². The van der Waals surface area contributed by atoms with Gasteiger partial charge in [0, 0.05) is 33.3 Å². The molecule has 12 unspecified atom stereocenters. The van der Waals surface area contributed by atoms with Gasteiger partial charge in [0.05, 0.1) is 30.5 Å². The minimum atomic E-state index is -0.986. The molecule has 3 heterocycles. The quantitative estimate of drug-likeness (QED) is 0.451. The predicted molar refractivity (Wildman–Crippen MR) is 107 cm³/mol. The van der Waals surface area contributed by atoms with Crippen molar-refractivity contribution in [2.75, 3.05) is 7.11 Å². The molecule has 0 radical (unpaired) electrons. The van der Waals surface area contributed by atoms with Gasteiger partial charge in [-0.3, -0.25) is 4.79 Å². The van der Waals surface area contributed by atoms with Crippen LogP contribution in [0.1, 0.15) is 47.0 Å². The van der Waals surface area contributed by atoms with Crippen LogP contribution in [0, 0.1) is 0 Å². The van der Waals surface area contributed by atoms with E-state index in [1.165, 1.54) is 14.0 Å². The molecule has 3 rings (SSSR count). The van der Waals surface area contributed by atoms with E-state index >= 15 is 0 Å². The fourth-order valence-corrected chi connectivity index (χ4v) is 4.43. The van der Waals surface area contributed by atoms with Crippen molar-refractivity contribution < 1.29 is 53.3 Å². The number of esters is 1. The van der Waals surface area contributed by atoms with Crippen molar-refractivity contribution in [3.63, 3.8) is 0 Å². The van der Waals surface area contributed by atoms with Crippen LogP contribution in [-0.2, 0) is 38.0 Å². The van der Waals surface area contributed by atoms with Crippen LogP contribution in [0.15, 0.2) is 0 Å². The van der Waals surface area contributed by atoms with Crippen molar-refractivity contribution in [3.05, 3.63) is 0 Å². The van der Waals surface area contributed by atoms with Crippen molar-refractivity contribution in [1.82, 2.24) is 0 Å². The van der Waals surface area contributed by atoms with Crippen LogP contribution in [0.2, 0.25) is 0 Å². The Balaban J connectivity index is 1.59. The van der Waals surface area contributed by atoms with E-state index in [4.69, 9.17) is 33.2 Å². The second-order valence-electron chi connectivity index (χ2n) is 8.73. The van der Waals surface area contributed by atoms with Crippen LogP contribution in [0.5, 0.6) is 0 Å². The number of ether oxygens (including phenoxy) is 7. The number of carbonyl (C=O) groups excluding carboxylic acids is 1. The van der Waals surface area contributed by atoms with E-state index in [9.17, 15) is 20.1 Å². The van der Waals surface area contributed by atoms with Gasteiger partial charge in [0.2, 0.25) is 0 Å². The Hall–Kier alpha value is -0.890. The third kappa shape index (κ3) is 6.16. The Morgan fingerprint density at radius 1 is 0.781 bits per heavy atom. The highest BCUT2D eigenvalue weighted by Gasteiger charge is 2.45. The third-order valence-electron chi connectivity index (χ3n) is 6.14. The molecule has 0 aromatic rings. The molecule has 3 N–H and O–H groups in total. The molecule has 3 saturated heterocycles. The maximum Gasteiger partial charge on any atom is 0.303 e. The first kappa shape index (κ1) is 25.7. The molecule has 0 amide bonds. The number of rotatable bonds is 6. The van der Waals surface area contributed by atoms with Crippen molar-refractivity contribution in [1.29, 1.82) is 0 Å². The van der Waals surface area contributed by atoms with Crippen LogP contribution in [0.4, 0.5) is 0 Å². The summed E-state index contributed by atoms with van der Waals surface area (Å²) < 4.78 is 39.9. The molecule has 3 aliphatic heterocycles. The lowest BCUT2D eigenvalue weighted by molar-refractivity contribution is -0.330. The van der Waals surface area contributed by atoms with Gasteiger partial charge in [-0.1, -0.05) is 0 Å². The highest BCUT2D eigenvalue weighted by molar-refractivity contribution is 5.66. The normalized spacial score (nSPS) is 47.8. The van der Waals surface area contributed by atoms with Crippen molar-refractivity contribution >= 4 is 5.97 Å². The highest BCUT2D eigenvalue weighted by Crippen LogP contribution is 2.32. The van der Waals surface area contributed by atoms with Crippen LogP contribution < -0.4 is 0 Å². The Kier molecular flexibility index (Phi) is 8.86. The first-order chi connectivity index (χ1) is 15.1. The molecule has 0 aliphatic carbocycles. The lowest BCUT2D eigenvalue weighted by Gasteiger charge is -2.44. The van der Waals surface area contributed by atoms with Crippen LogP contribution >= 0.6 is 0 Å². The number of aliphatic hydroxyl groups is 3. The second-order valence-corrected chi connectivity index (χ2v) is 8.73. The maximum absolute atomic E-state index is 11.6. The molecule has 11 nitrogen and oxygen atoms in total. The minimum Gasteiger partial charge on any atom is -0.457 e. The van der Waals surface area contributed by atoms with Crippen molar-refractivity contribution in [3.8, 4) is 0 Å². The predicted octanol–water partition coefficient (Wildman–Crippen LogP) is -0.178. The van der Waals surface area contributed by atoms with Crippen LogP contribution in [0.25, 0.3) is 0 Å². The van der Waals surface area contributed by atoms with Gasteiger partial charge in [0.25, 0.3) is 0 Å². The Bertz CT molecular complexity index is 595. The molecule has 3 aliphatic rings. The molecule has 0 saturated carbocycles. The molecule has 186 valence electrons. The summed E-state index contributed by atoms with van der Waals surface area (Å²) in [4.78, 5) is 11.6. The van der Waals surface area contributed by atoms with Crippen LogP contribution in [-0.4, -0.2) is 102 Å². The first-order valence-corrected chi connectivity index (χ1v) is 11.1. The average Bonchev–Trinajstić information content (AvgIpc) is 2.71. The molecule has 0 spiro atoms. The van der Waals surface area contributed by atoms with Gasteiger partial charge in [-0.05, 0) is 20.8 Å². The standard InChI is InChI=1S/C21H36O11/c1-9-19(25)13(23)6-18(27-9)32-20-10(2)29-17(7-14(20)24)31-15-8-16(26-5)28-11(3)21(15)30-12(4)22/h9-11,13-21,23-25H,6-8H2,1-5H3. The average molecular weight is 465 g/mol. The number of carbonyl (C=O) groups is 1. The number of hydrogen-bond donors (Lipinski definition) is 3. The number of hydrogen-bond acceptors (Lipinski definition) is 11. The summed E-state index contributed by atoms with van der Waals surface area (Å²) in [5.74, 6) is -0.449. The lowest BCUT2D eigenvalue weighted by atomic mass is 9.99. The van der Waals surface area contributed by atoms with Crippen molar-refractivity contribution in [2.24, 2.45) is 0 Å². The summed E-state index contributed by atoms with van der Waals surface area (Å²) in [5, 5.41) is 30.5. The van der Waals surface area contributed by atoms with E-state index in [1.54, 1.807) is 20.8 Å². The van der Waals surface area contributed by atoms with E-state index in [2.05, 4.69) is 0 Å². The summed E-state index contributed by atoms with van der Waals surface area (Å²) in [7, 11) is 1.52. The fraction of sp³-hybridized carbons (Fsp3) is 0.952. The highest BCUT2D eigenvalue weighted by atomic mass is 16.7. The summed E-state index contributed by atoms with van der Waals surface area (Å²) in [6.07, 6.45) is -7.89. The van der Waals surface area contributed by atoms with Gasteiger partial charge in [-0.2, -0.15) is 0 Å². The lowest BCUT2D eigenvalue weighted by Crippen LogP contribution is -2.56. The minimum absolute atomic E-state index is 0.0871. The molecule has 0 bridgehead atoms. The van der Waals surface area contributed by atoms with Crippen LogP contribution in [0.3, 0.4) is 0 Å². The SMILES string of the molecule is COC1CC(OC2CC(O)C(OC3CC(O)C(O)C(C)O3)C(C)O2)C(OC(C)=O)C(C)O1. The van der Waals surface area contributed by atoms with Gasteiger partial charge in [0.1, 0.15) is 18.3 Å². The Morgan fingerprint density at radius 2 is 1.34 bits per heavy atom. The zero-order valence-corrected chi connectivity index (χ0v) is 19.2. The maximum atomic E-state index is 11.6. The molecule has 3 fully saturated rings. The van der Waals surface area contributed by atoms with E-state index in [0.29, 0.717) is 6.42 Å². The smallest absolute Gasteiger partial charge is 0.303 e. The summed E-state index contributed by atoms with van der Waals surface area (Å²) in [6, 6.07) is 0. The third-order valence-corrected chi connectivity index (χ3v) is 6.14. The van der Waals surface area contributed by atoms with E-state index in [0.717, 1.165) is 0 Å². The zero-order chi connectivity index (χ0) is 23.6. The van der Waals surface area contributed by atoms with E-state index < -0.39 is 79.8 Å². The van der Waals surface area contributed by atoms with Gasteiger partial charge < -0.3 is 48.5 Å². The summed E-state index contributed by atoms with van der Waals surface area (Å²) >= 11 is 0. The molecule has 12 atom stereocenters. The largest absolute Gasteiger partial charge is 0.457 e. The summed E-state index contributed by atoms with van der Waals surface area (Å²) in [5.41, 5.74) is 0. The topological polar surface area (TPSA) is 142 Å². The zero-order valence-electron chi connectivity index (χ0n) is 19.2. The van der Waals surface area contributed by atoms with Gasteiger partial charge in [-0.15, -0.1) is 0 Å². The van der Waals surface area contributed by atoms with E-state index in [-0.39, 0.29) is 12.8 Å². The second kappa shape index (κ2) is 11.0. The number of methoxy groups -OCH3 is 1.